The summed E-state index contributed by atoms with van der Waals surface area (Å²) < 4.78 is 1.25. The van der Waals surface area contributed by atoms with Gasteiger partial charge in [-0.25, -0.2) is 0 Å². The minimum Gasteiger partial charge on any atom is -0.374 e. The smallest absolute Gasteiger partial charge is 0.277 e. The Kier molecular flexibility index (Phi) is 4.74. The van der Waals surface area contributed by atoms with Gasteiger partial charge < -0.3 is 5.73 Å². The lowest BCUT2D eigenvalue weighted by atomic mass is 10.0. The summed E-state index contributed by atoms with van der Waals surface area (Å²) in [7, 11) is 0. The van der Waals surface area contributed by atoms with Crippen LogP contribution >= 0.6 is 12.2 Å². The molecule has 2 aromatic rings. The number of hydrogen-bond acceptors (Lipinski definition) is 2. The summed E-state index contributed by atoms with van der Waals surface area (Å²) >= 11 is 4.92. The van der Waals surface area contributed by atoms with E-state index in [0.29, 0.717) is 0 Å². The van der Waals surface area contributed by atoms with Crippen LogP contribution in [0.2, 0.25) is 0 Å². The number of nitrogens with zero attached hydrogens (tertiary/aromatic N) is 1. The second-order valence-electron chi connectivity index (χ2n) is 4.77. The first-order valence-corrected chi connectivity index (χ1v) is 7.25. The predicted octanol–water partition coefficient (Wildman–Crippen LogP) is 2.67. The van der Waals surface area contributed by atoms with Crippen LogP contribution in [-0.4, -0.2) is 14.9 Å². The van der Waals surface area contributed by atoms with Crippen molar-refractivity contribution in [2.24, 2.45) is 5.73 Å². The highest BCUT2D eigenvalue weighted by atomic mass is 32.1. The van der Waals surface area contributed by atoms with Crippen molar-refractivity contribution in [2.75, 3.05) is 0 Å². The fourth-order valence-corrected chi connectivity index (χ4v) is 2.38. The van der Waals surface area contributed by atoms with Gasteiger partial charge in [0.1, 0.15) is 0 Å². The van der Waals surface area contributed by atoms with Crippen molar-refractivity contribution >= 4 is 17.3 Å². The first-order valence-electron chi connectivity index (χ1n) is 6.84. The van der Waals surface area contributed by atoms with E-state index < -0.39 is 0 Å². The van der Waals surface area contributed by atoms with Crippen molar-refractivity contribution in [1.29, 1.82) is 0 Å². The van der Waals surface area contributed by atoms with Crippen molar-refractivity contribution < 1.29 is 0 Å². The molecule has 0 unspecified atom stereocenters. The summed E-state index contributed by atoms with van der Waals surface area (Å²) in [6, 6.07) is 9.78. The fourth-order valence-electron chi connectivity index (χ4n) is 2.25. The minimum atomic E-state index is -0.132. The largest absolute Gasteiger partial charge is 0.374 e. The standard InChI is InChI=1S/C15H19N3OS/c1-2-3-5-10-12-13(11-8-6-4-7-9-11)17-18(14(12)19)15(16)20/h4,6-9,17H,2-3,5,10H2,1H3,(H2,16,20). The fraction of sp³-hybridized carbons (Fsp3) is 0.333. The van der Waals surface area contributed by atoms with Gasteiger partial charge in [-0.2, -0.15) is 4.68 Å². The Labute approximate surface area is 123 Å². The molecule has 0 aliphatic carbocycles. The third-order valence-electron chi connectivity index (χ3n) is 3.30. The van der Waals surface area contributed by atoms with Crippen molar-refractivity contribution in [3.05, 3.63) is 46.2 Å². The number of aromatic nitrogens is 2. The molecule has 1 aromatic heterocycles. The lowest BCUT2D eigenvalue weighted by Crippen LogP contribution is -2.30. The molecule has 0 spiro atoms. The molecular formula is C15H19N3OS. The van der Waals surface area contributed by atoms with E-state index in [1.165, 1.54) is 4.68 Å². The highest BCUT2D eigenvalue weighted by molar-refractivity contribution is 7.80. The molecule has 20 heavy (non-hydrogen) atoms. The molecule has 5 heteroatoms. The molecule has 3 N–H and O–H groups in total. The average molecular weight is 289 g/mol. The molecule has 0 saturated carbocycles. The quantitative estimate of drug-likeness (QED) is 0.657. The first-order chi connectivity index (χ1) is 9.65. The van der Waals surface area contributed by atoms with Gasteiger partial charge in [0, 0.05) is 5.56 Å². The Morgan fingerprint density at radius 3 is 2.60 bits per heavy atom. The second kappa shape index (κ2) is 6.52. The van der Waals surface area contributed by atoms with Crippen LogP contribution in [0.25, 0.3) is 11.3 Å². The first kappa shape index (κ1) is 14.5. The van der Waals surface area contributed by atoms with Crippen LogP contribution in [0.1, 0.15) is 31.7 Å². The Morgan fingerprint density at radius 1 is 1.30 bits per heavy atom. The minimum absolute atomic E-state index is 0.0499. The predicted molar refractivity (Wildman–Crippen MR) is 85.9 cm³/mol. The van der Waals surface area contributed by atoms with Gasteiger partial charge in [-0.05, 0) is 30.6 Å². The number of aromatic amines is 1. The third-order valence-corrected chi connectivity index (χ3v) is 3.48. The van der Waals surface area contributed by atoms with Gasteiger partial charge in [-0.15, -0.1) is 0 Å². The van der Waals surface area contributed by atoms with E-state index in [1.54, 1.807) is 0 Å². The van der Waals surface area contributed by atoms with Gasteiger partial charge in [0.2, 0.25) is 0 Å². The normalized spacial score (nSPS) is 10.7. The third kappa shape index (κ3) is 2.99. The van der Waals surface area contributed by atoms with Crippen LogP contribution in [0.15, 0.2) is 35.1 Å². The summed E-state index contributed by atoms with van der Waals surface area (Å²) in [5.41, 5.74) is 8.02. The molecule has 0 fully saturated rings. The Morgan fingerprint density at radius 2 is 2.00 bits per heavy atom. The molecule has 0 amide bonds. The molecule has 0 bridgehead atoms. The second-order valence-corrected chi connectivity index (χ2v) is 5.19. The molecule has 0 aliphatic rings. The number of benzene rings is 1. The molecule has 106 valence electrons. The van der Waals surface area contributed by atoms with Gasteiger partial charge in [-0.1, -0.05) is 50.1 Å². The van der Waals surface area contributed by atoms with Gasteiger partial charge in [0.25, 0.3) is 5.56 Å². The number of unbranched alkanes of at least 4 members (excludes halogenated alkanes) is 2. The van der Waals surface area contributed by atoms with Gasteiger partial charge in [-0.3, -0.25) is 9.89 Å². The molecule has 0 radical (unpaired) electrons. The average Bonchev–Trinajstić information content (AvgIpc) is 2.78. The lowest BCUT2D eigenvalue weighted by molar-refractivity contribution is 0.715. The van der Waals surface area contributed by atoms with E-state index in [2.05, 4.69) is 12.0 Å². The molecule has 1 heterocycles. The monoisotopic (exact) mass is 289 g/mol. The number of nitrogens with one attached hydrogen (secondary N) is 1. The zero-order valence-electron chi connectivity index (χ0n) is 11.6. The zero-order valence-corrected chi connectivity index (χ0v) is 12.4. The topological polar surface area (TPSA) is 63.8 Å². The van der Waals surface area contributed by atoms with E-state index in [1.807, 2.05) is 30.3 Å². The zero-order chi connectivity index (χ0) is 14.5. The summed E-state index contributed by atoms with van der Waals surface area (Å²) in [6.07, 6.45) is 3.95. The number of H-pyrrole nitrogens is 1. The van der Waals surface area contributed by atoms with Crippen LogP contribution in [0.4, 0.5) is 0 Å². The van der Waals surface area contributed by atoms with Gasteiger partial charge >= 0.3 is 0 Å². The summed E-state index contributed by atoms with van der Waals surface area (Å²) in [5, 5.41) is 3.08. The SMILES string of the molecule is CCCCCc1c(-c2ccccc2)[nH]n(C(N)=S)c1=O. The number of thiocarbonyl (C=S) groups is 1. The molecule has 0 aliphatic heterocycles. The van der Waals surface area contributed by atoms with E-state index in [4.69, 9.17) is 18.0 Å². The van der Waals surface area contributed by atoms with Crippen LogP contribution in [0.3, 0.4) is 0 Å². The Balaban J connectivity index is 2.46. The maximum atomic E-state index is 12.4. The van der Waals surface area contributed by atoms with Gasteiger partial charge in [0.05, 0.1) is 5.69 Å². The number of nitrogens with two attached hydrogens (primary N) is 1. The van der Waals surface area contributed by atoms with Crippen molar-refractivity contribution in [1.82, 2.24) is 9.78 Å². The Bertz CT molecular complexity index is 643. The lowest BCUT2D eigenvalue weighted by Gasteiger charge is -2.02. The van der Waals surface area contributed by atoms with E-state index >= 15 is 0 Å². The Hall–Kier alpha value is -1.88. The van der Waals surface area contributed by atoms with Gasteiger partial charge in [0.15, 0.2) is 5.11 Å². The van der Waals surface area contributed by atoms with Crippen molar-refractivity contribution in [2.45, 2.75) is 32.6 Å². The molecule has 4 nitrogen and oxygen atoms in total. The summed E-state index contributed by atoms with van der Waals surface area (Å²) in [4.78, 5) is 12.4. The molecule has 0 atom stereocenters. The van der Waals surface area contributed by atoms with Crippen LogP contribution in [0, 0.1) is 0 Å². The molecule has 0 saturated heterocycles. The highest BCUT2D eigenvalue weighted by Gasteiger charge is 2.16. The van der Waals surface area contributed by atoms with Crippen LogP contribution in [-0.2, 0) is 6.42 Å². The summed E-state index contributed by atoms with van der Waals surface area (Å²) in [5.74, 6) is 0. The van der Waals surface area contributed by atoms with Crippen LogP contribution < -0.4 is 11.3 Å². The highest BCUT2D eigenvalue weighted by Crippen LogP contribution is 2.20. The van der Waals surface area contributed by atoms with Crippen molar-refractivity contribution in [3.8, 4) is 11.3 Å². The summed E-state index contributed by atoms with van der Waals surface area (Å²) in [6.45, 7) is 2.14. The molecule has 2 rings (SSSR count). The molecule has 1 aromatic carbocycles. The number of hydrogen-bond donors (Lipinski definition) is 2. The maximum absolute atomic E-state index is 12.4. The van der Waals surface area contributed by atoms with E-state index in [9.17, 15) is 4.79 Å². The molecular weight excluding hydrogens is 270 g/mol. The van der Waals surface area contributed by atoms with E-state index in [-0.39, 0.29) is 10.7 Å². The van der Waals surface area contributed by atoms with E-state index in [0.717, 1.165) is 42.5 Å². The number of rotatable bonds is 5. The maximum Gasteiger partial charge on any atom is 0.277 e. The van der Waals surface area contributed by atoms with Crippen LogP contribution in [0.5, 0.6) is 0 Å². The van der Waals surface area contributed by atoms with Crippen molar-refractivity contribution in [3.63, 3.8) is 0 Å².